The van der Waals surface area contributed by atoms with Gasteiger partial charge in [-0.05, 0) is 61.5 Å². The number of amides is 2. The molecule has 1 aliphatic rings. The Bertz CT molecular complexity index is 1270. The van der Waals surface area contributed by atoms with E-state index >= 15 is 0 Å². The van der Waals surface area contributed by atoms with Crippen LogP contribution < -0.4 is 15.6 Å². The number of nitrogens with one attached hydrogen (secondary N) is 1. The van der Waals surface area contributed by atoms with Crippen LogP contribution in [0.1, 0.15) is 11.3 Å². The van der Waals surface area contributed by atoms with Crippen LogP contribution in [0.25, 0.3) is 17.4 Å². The summed E-state index contributed by atoms with van der Waals surface area (Å²) >= 11 is 0. The number of hydrogen-bond acceptors (Lipinski definition) is 5. The standard InChI is InChI=1S/C21H17N3O5S/c1-13-2-6-15(7-3-13)24-21(26)18(20(25)23-24)12-16-8-11-19(29-16)14-4-9-17(10-5-14)30(22,27)28/h2-12H,1H3,(H,23,25)(H2,22,27,28). The van der Waals surface area contributed by atoms with Gasteiger partial charge in [-0.15, -0.1) is 0 Å². The van der Waals surface area contributed by atoms with Crippen molar-refractivity contribution in [2.45, 2.75) is 11.8 Å². The molecular formula is C21H17N3O5S. The predicted octanol–water partition coefficient (Wildman–Crippen LogP) is 2.36. The number of carbonyl (C=O) groups excluding carboxylic acids is 2. The summed E-state index contributed by atoms with van der Waals surface area (Å²) in [6, 6.07) is 16.3. The number of aryl methyl sites for hydroxylation is 1. The molecule has 2 heterocycles. The van der Waals surface area contributed by atoms with Crippen molar-refractivity contribution in [2.24, 2.45) is 5.14 Å². The fourth-order valence-electron chi connectivity index (χ4n) is 2.97. The van der Waals surface area contributed by atoms with Crippen molar-refractivity contribution in [1.82, 2.24) is 5.43 Å². The SMILES string of the molecule is Cc1ccc(N2NC(=O)C(=Cc3ccc(-c4ccc(S(N)(=O)=O)cc4)o3)C2=O)cc1. The van der Waals surface area contributed by atoms with Gasteiger partial charge in [0.2, 0.25) is 10.0 Å². The molecule has 0 saturated carbocycles. The molecule has 0 radical (unpaired) electrons. The van der Waals surface area contributed by atoms with Gasteiger partial charge in [0.1, 0.15) is 17.1 Å². The molecule has 1 aliphatic heterocycles. The Morgan fingerprint density at radius 1 is 0.967 bits per heavy atom. The van der Waals surface area contributed by atoms with Crippen LogP contribution in [0.4, 0.5) is 5.69 Å². The summed E-state index contributed by atoms with van der Waals surface area (Å²) < 4.78 is 28.4. The summed E-state index contributed by atoms with van der Waals surface area (Å²) in [7, 11) is -3.78. The van der Waals surface area contributed by atoms with Gasteiger partial charge in [-0.3, -0.25) is 15.0 Å². The third kappa shape index (κ3) is 3.76. The van der Waals surface area contributed by atoms with Gasteiger partial charge < -0.3 is 4.42 Å². The van der Waals surface area contributed by atoms with E-state index in [4.69, 9.17) is 9.56 Å². The average molecular weight is 423 g/mol. The lowest BCUT2D eigenvalue weighted by Crippen LogP contribution is -2.35. The monoisotopic (exact) mass is 423 g/mol. The zero-order valence-electron chi connectivity index (χ0n) is 15.8. The Morgan fingerprint density at radius 3 is 2.27 bits per heavy atom. The van der Waals surface area contributed by atoms with Gasteiger partial charge in [0, 0.05) is 5.56 Å². The van der Waals surface area contributed by atoms with Crippen LogP contribution in [0.15, 0.2) is 75.5 Å². The van der Waals surface area contributed by atoms with Crippen LogP contribution in [-0.2, 0) is 19.6 Å². The first-order valence-corrected chi connectivity index (χ1v) is 10.4. The second-order valence-corrected chi connectivity index (χ2v) is 8.31. The predicted molar refractivity (Wildman–Crippen MR) is 110 cm³/mol. The number of nitrogens with two attached hydrogens (primary N) is 1. The molecule has 0 unspecified atom stereocenters. The lowest BCUT2D eigenvalue weighted by Gasteiger charge is -2.14. The molecule has 2 amide bonds. The van der Waals surface area contributed by atoms with Crippen molar-refractivity contribution in [3.8, 4) is 11.3 Å². The smallest absolute Gasteiger partial charge is 0.282 e. The van der Waals surface area contributed by atoms with E-state index in [1.807, 2.05) is 19.1 Å². The van der Waals surface area contributed by atoms with E-state index in [1.54, 1.807) is 36.4 Å². The molecule has 8 nitrogen and oxygen atoms in total. The Morgan fingerprint density at radius 2 is 1.63 bits per heavy atom. The van der Waals surface area contributed by atoms with Crippen LogP contribution in [0, 0.1) is 6.92 Å². The van der Waals surface area contributed by atoms with Gasteiger partial charge >= 0.3 is 0 Å². The average Bonchev–Trinajstić information content (AvgIpc) is 3.28. The molecule has 0 spiro atoms. The normalized spacial score (nSPS) is 15.7. The second-order valence-electron chi connectivity index (χ2n) is 6.75. The van der Waals surface area contributed by atoms with Crippen LogP contribution >= 0.6 is 0 Å². The maximum atomic E-state index is 12.7. The van der Waals surface area contributed by atoms with Gasteiger partial charge in [-0.25, -0.2) is 18.6 Å². The lowest BCUT2D eigenvalue weighted by molar-refractivity contribution is -0.117. The van der Waals surface area contributed by atoms with Crippen LogP contribution in [-0.4, -0.2) is 20.2 Å². The molecule has 152 valence electrons. The number of hydrogen-bond donors (Lipinski definition) is 2. The molecule has 9 heteroatoms. The minimum Gasteiger partial charge on any atom is -0.457 e. The summed E-state index contributed by atoms with van der Waals surface area (Å²) in [6.45, 7) is 1.93. The lowest BCUT2D eigenvalue weighted by atomic mass is 10.2. The van der Waals surface area contributed by atoms with Crippen molar-refractivity contribution >= 4 is 33.6 Å². The molecule has 0 aliphatic carbocycles. The number of carbonyl (C=O) groups is 2. The van der Waals surface area contributed by atoms with E-state index in [2.05, 4.69) is 5.43 Å². The van der Waals surface area contributed by atoms with E-state index in [1.165, 1.54) is 23.2 Å². The number of hydrazine groups is 1. The molecule has 2 aromatic carbocycles. The summed E-state index contributed by atoms with van der Waals surface area (Å²) in [5, 5.41) is 6.28. The number of nitrogens with zero attached hydrogens (tertiary/aromatic N) is 1. The largest absolute Gasteiger partial charge is 0.457 e. The van der Waals surface area contributed by atoms with Crippen LogP contribution in [0.2, 0.25) is 0 Å². The molecular weight excluding hydrogens is 406 g/mol. The number of benzene rings is 2. The third-order valence-corrected chi connectivity index (χ3v) is 5.49. The Labute approximate surface area is 172 Å². The van der Waals surface area contributed by atoms with Crippen molar-refractivity contribution in [3.63, 3.8) is 0 Å². The van der Waals surface area contributed by atoms with Gasteiger partial charge in [-0.2, -0.15) is 0 Å². The quantitative estimate of drug-likeness (QED) is 0.493. The zero-order valence-corrected chi connectivity index (χ0v) is 16.6. The number of anilines is 1. The highest BCUT2D eigenvalue weighted by atomic mass is 32.2. The highest BCUT2D eigenvalue weighted by molar-refractivity contribution is 7.89. The fraction of sp³-hybridized carbons (Fsp3) is 0.0476. The van der Waals surface area contributed by atoms with Crippen LogP contribution in [0.3, 0.4) is 0 Å². The molecule has 4 rings (SSSR count). The number of primary sulfonamides is 1. The van der Waals surface area contributed by atoms with Crippen molar-refractivity contribution in [1.29, 1.82) is 0 Å². The summed E-state index contributed by atoms with van der Waals surface area (Å²) in [4.78, 5) is 25.0. The fourth-order valence-corrected chi connectivity index (χ4v) is 3.49. The number of rotatable bonds is 4. The van der Waals surface area contributed by atoms with Gasteiger partial charge in [0.05, 0.1) is 10.6 Å². The van der Waals surface area contributed by atoms with Gasteiger partial charge in [0.15, 0.2) is 0 Å². The molecule has 3 N–H and O–H groups in total. The minimum atomic E-state index is -3.78. The molecule has 1 saturated heterocycles. The van der Waals surface area contributed by atoms with Gasteiger partial charge in [-0.1, -0.05) is 17.7 Å². The maximum Gasteiger partial charge on any atom is 0.282 e. The second kappa shape index (κ2) is 7.29. The van der Waals surface area contributed by atoms with Crippen molar-refractivity contribution < 1.29 is 22.4 Å². The molecule has 1 fully saturated rings. The topological polar surface area (TPSA) is 123 Å². The molecule has 1 aromatic heterocycles. The minimum absolute atomic E-state index is 0.00966. The number of sulfonamides is 1. The number of furan rings is 1. The van der Waals surface area contributed by atoms with Crippen molar-refractivity contribution in [3.05, 3.63) is 77.6 Å². The molecule has 0 bridgehead atoms. The van der Waals surface area contributed by atoms with Crippen LogP contribution in [0.5, 0.6) is 0 Å². The summed E-state index contributed by atoms with van der Waals surface area (Å²) in [6.07, 6.45) is 1.37. The first-order valence-electron chi connectivity index (χ1n) is 8.89. The Balaban J connectivity index is 1.58. The Kier molecular flexibility index (Phi) is 4.76. The Hall–Kier alpha value is -3.69. The first-order chi connectivity index (χ1) is 14.2. The van der Waals surface area contributed by atoms with E-state index in [-0.39, 0.29) is 10.5 Å². The first kappa shape index (κ1) is 19.6. The molecule has 0 atom stereocenters. The summed E-state index contributed by atoms with van der Waals surface area (Å²) in [5.74, 6) is -0.260. The summed E-state index contributed by atoms with van der Waals surface area (Å²) in [5.41, 5.74) is 4.69. The third-order valence-electron chi connectivity index (χ3n) is 4.56. The molecule has 30 heavy (non-hydrogen) atoms. The highest BCUT2D eigenvalue weighted by Crippen LogP contribution is 2.26. The van der Waals surface area contributed by atoms with Gasteiger partial charge in [0.25, 0.3) is 11.8 Å². The van der Waals surface area contributed by atoms with Crippen molar-refractivity contribution in [2.75, 3.05) is 5.01 Å². The van der Waals surface area contributed by atoms with E-state index < -0.39 is 21.8 Å². The van der Waals surface area contributed by atoms with E-state index in [0.29, 0.717) is 22.8 Å². The molecule has 3 aromatic rings. The zero-order chi connectivity index (χ0) is 21.5. The maximum absolute atomic E-state index is 12.7. The van der Waals surface area contributed by atoms with E-state index in [0.717, 1.165) is 5.56 Å². The van der Waals surface area contributed by atoms with E-state index in [9.17, 15) is 18.0 Å². The highest BCUT2D eigenvalue weighted by Gasteiger charge is 2.34.